The van der Waals surface area contributed by atoms with E-state index in [1.54, 1.807) is 35.0 Å². The Kier molecular flexibility index (Phi) is 4.01. The number of fused-ring (bicyclic) bond motifs is 1. The highest BCUT2D eigenvalue weighted by Crippen LogP contribution is 2.37. The fraction of sp³-hybridized carbons (Fsp3) is 0.333. The van der Waals surface area contributed by atoms with Crippen molar-refractivity contribution in [2.45, 2.75) is 37.6 Å². The summed E-state index contributed by atoms with van der Waals surface area (Å²) in [5.74, 6) is 0. The number of aliphatic hydroxyl groups is 3. The third-order valence-corrected chi connectivity index (χ3v) is 4.71. The van der Waals surface area contributed by atoms with E-state index in [2.05, 4.69) is 9.97 Å². The van der Waals surface area contributed by atoms with Crippen LogP contribution in [0.5, 0.6) is 0 Å². The zero-order chi connectivity index (χ0) is 17.6. The first-order chi connectivity index (χ1) is 12.1. The molecule has 0 aliphatic carbocycles. The van der Waals surface area contributed by atoms with Gasteiger partial charge < -0.3 is 24.6 Å². The fourth-order valence-electron chi connectivity index (χ4n) is 3.32. The van der Waals surface area contributed by atoms with Crippen LogP contribution in [-0.2, 0) is 4.74 Å². The lowest BCUT2D eigenvalue weighted by Crippen LogP contribution is -2.34. The molecule has 5 atom stereocenters. The molecule has 130 valence electrons. The van der Waals surface area contributed by atoms with Gasteiger partial charge >= 0.3 is 0 Å². The van der Waals surface area contributed by atoms with Crippen molar-refractivity contribution in [2.75, 3.05) is 0 Å². The summed E-state index contributed by atoms with van der Waals surface area (Å²) >= 11 is 0. The molecule has 3 aromatic rings. The minimum atomic E-state index is -1.22. The van der Waals surface area contributed by atoms with Crippen LogP contribution in [0.25, 0.3) is 11.0 Å². The van der Waals surface area contributed by atoms with E-state index in [4.69, 9.17) is 4.74 Å². The Labute approximate surface area is 144 Å². The van der Waals surface area contributed by atoms with Gasteiger partial charge in [0.25, 0.3) is 0 Å². The second-order valence-corrected chi connectivity index (χ2v) is 6.25. The molecule has 0 unspecified atom stereocenters. The predicted molar refractivity (Wildman–Crippen MR) is 89.6 cm³/mol. The first-order valence-electron chi connectivity index (χ1n) is 8.10. The summed E-state index contributed by atoms with van der Waals surface area (Å²) < 4.78 is 7.51. The number of hydrogen-bond donors (Lipinski definition) is 3. The molecule has 0 spiro atoms. The highest BCUT2D eigenvalue weighted by Gasteiger charge is 2.47. The number of hydrogen-bond acceptors (Lipinski definition) is 6. The van der Waals surface area contributed by atoms with Gasteiger partial charge in [-0.2, -0.15) is 0 Å². The third-order valence-electron chi connectivity index (χ3n) is 4.71. The summed E-state index contributed by atoms with van der Waals surface area (Å²) in [5, 5.41) is 32.3. The molecule has 7 nitrogen and oxygen atoms in total. The lowest BCUT2D eigenvalue weighted by molar-refractivity contribution is -0.0848. The van der Waals surface area contributed by atoms with Gasteiger partial charge in [0.05, 0.1) is 5.69 Å². The Bertz CT molecular complexity index is 882. The molecule has 1 aliphatic heterocycles. The Morgan fingerprint density at radius 2 is 1.84 bits per heavy atom. The van der Waals surface area contributed by atoms with E-state index in [9.17, 15) is 15.3 Å². The van der Waals surface area contributed by atoms with Gasteiger partial charge in [0.15, 0.2) is 6.23 Å². The van der Waals surface area contributed by atoms with Gasteiger partial charge in [-0.05, 0) is 18.6 Å². The Balaban J connectivity index is 1.67. The van der Waals surface area contributed by atoms with Crippen LogP contribution < -0.4 is 0 Å². The van der Waals surface area contributed by atoms with E-state index in [1.165, 1.54) is 6.33 Å². The summed E-state index contributed by atoms with van der Waals surface area (Å²) in [5.41, 5.74) is 2.05. The molecule has 4 rings (SSSR count). The van der Waals surface area contributed by atoms with Crippen LogP contribution in [0.4, 0.5) is 0 Å². The third kappa shape index (κ3) is 2.61. The van der Waals surface area contributed by atoms with E-state index in [0.717, 1.165) is 11.1 Å². The zero-order valence-electron chi connectivity index (χ0n) is 13.6. The summed E-state index contributed by atoms with van der Waals surface area (Å²) in [6.45, 7) is 1.87. The number of aromatic nitrogens is 3. The minimum absolute atomic E-state index is 0.610. The van der Waals surface area contributed by atoms with Gasteiger partial charge in [-0.15, -0.1) is 0 Å². The van der Waals surface area contributed by atoms with Crippen LogP contribution in [0.2, 0.25) is 0 Å². The lowest BCUT2D eigenvalue weighted by Gasteiger charge is -2.21. The van der Waals surface area contributed by atoms with Gasteiger partial charge in [-0.1, -0.05) is 30.3 Å². The molecular weight excluding hydrogens is 322 g/mol. The van der Waals surface area contributed by atoms with Crippen molar-refractivity contribution >= 4 is 11.0 Å². The van der Waals surface area contributed by atoms with Crippen LogP contribution in [0.3, 0.4) is 0 Å². The van der Waals surface area contributed by atoms with Crippen molar-refractivity contribution < 1.29 is 20.1 Å². The molecule has 3 heterocycles. The molecule has 3 N–H and O–H groups in total. The highest BCUT2D eigenvalue weighted by atomic mass is 16.6. The van der Waals surface area contributed by atoms with E-state index in [-0.39, 0.29) is 0 Å². The van der Waals surface area contributed by atoms with E-state index >= 15 is 0 Å². The van der Waals surface area contributed by atoms with Crippen molar-refractivity contribution in [1.29, 1.82) is 0 Å². The monoisotopic (exact) mass is 341 g/mol. The SMILES string of the molecule is Cc1ncnc2c1ccn2[C@@H]1O[C@H]([C@H](O)c2ccccc2)[C@@H](O)[C@H]1O. The second kappa shape index (κ2) is 6.20. The lowest BCUT2D eigenvalue weighted by atomic mass is 9.99. The maximum atomic E-state index is 10.6. The maximum Gasteiger partial charge on any atom is 0.164 e. The summed E-state index contributed by atoms with van der Waals surface area (Å²) in [4.78, 5) is 8.40. The Morgan fingerprint density at radius 1 is 1.08 bits per heavy atom. The maximum absolute atomic E-state index is 10.6. The van der Waals surface area contributed by atoms with Crippen LogP contribution in [0.15, 0.2) is 48.9 Å². The molecule has 25 heavy (non-hydrogen) atoms. The molecule has 2 aromatic heterocycles. The quantitative estimate of drug-likeness (QED) is 0.659. The normalized spacial score (nSPS) is 27.7. The van der Waals surface area contributed by atoms with Crippen LogP contribution in [0, 0.1) is 6.92 Å². The molecule has 0 saturated carbocycles. The van der Waals surface area contributed by atoms with Gasteiger partial charge in [0, 0.05) is 11.6 Å². The van der Waals surface area contributed by atoms with Gasteiger partial charge in [0.1, 0.15) is 36.4 Å². The summed E-state index contributed by atoms with van der Waals surface area (Å²) in [6, 6.07) is 10.8. The largest absolute Gasteiger partial charge is 0.387 e. The van der Waals surface area contributed by atoms with Crippen LogP contribution in [-0.4, -0.2) is 48.2 Å². The van der Waals surface area contributed by atoms with Gasteiger partial charge in [0.2, 0.25) is 0 Å². The number of rotatable bonds is 3. The van der Waals surface area contributed by atoms with Crippen molar-refractivity contribution in [3.8, 4) is 0 Å². The average Bonchev–Trinajstić information content (AvgIpc) is 3.18. The first-order valence-corrected chi connectivity index (χ1v) is 8.10. The molecule has 1 aromatic carbocycles. The number of aliphatic hydroxyl groups excluding tert-OH is 3. The van der Waals surface area contributed by atoms with E-state index in [1.807, 2.05) is 19.1 Å². The molecular formula is C18H19N3O4. The van der Waals surface area contributed by atoms with E-state index in [0.29, 0.717) is 11.2 Å². The molecule has 1 aliphatic rings. The predicted octanol–water partition coefficient (Wildman–Crippen LogP) is 1.09. The fourth-order valence-corrected chi connectivity index (χ4v) is 3.32. The molecule has 0 radical (unpaired) electrons. The first kappa shape index (κ1) is 16.2. The number of benzene rings is 1. The highest BCUT2D eigenvalue weighted by molar-refractivity contribution is 5.78. The summed E-state index contributed by atoms with van der Waals surface area (Å²) in [6.07, 6.45) is -2.05. The summed E-state index contributed by atoms with van der Waals surface area (Å²) in [7, 11) is 0. The van der Waals surface area contributed by atoms with Crippen molar-refractivity contribution in [3.05, 3.63) is 60.2 Å². The second-order valence-electron chi connectivity index (χ2n) is 6.25. The molecule has 7 heteroatoms. The van der Waals surface area contributed by atoms with Gasteiger partial charge in [-0.25, -0.2) is 9.97 Å². The molecule has 0 amide bonds. The molecule has 0 bridgehead atoms. The van der Waals surface area contributed by atoms with Crippen molar-refractivity contribution in [1.82, 2.24) is 14.5 Å². The van der Waals surface area contributed by atoms with Crippen LogP contribution in [0.1, 0.15) is 23.6 Å². The Hall–Kier alpha value is -2.32. The van der Waals surface area contributed by atoms with Crippen LogP contribution >= 0.6 is 0 Å². The van der Waals surface area contributed by atoms with Crippen molar-refractivity contribution in [2.24, 2.45) is 0 Å². The molecule has 1 fully saturated rings. The Morgan fingerprint density at radius 3 is 2.60 bits per heavy atom. The number of nitrogens with zero attached hydrogens (tertiary/aromatic N) is 3. The molecule has 1 saturated heterocycles. The number of aryl methyl sites for hydroxylation is 1. The standard InChI is InChI=1S/C18H19N3O4/c1-10-12-7-8-21(17(12)20-9-19-10)18-15(24)14(23)16(25-18)13(22)11-5-3-2-4-6-11/h2-9,13-16,18,22-24H,1H3/t13-,14+,15-,16-,18-/m1/s1. The topological polar surface area (TPSA) is 101 Å². The van der Waals surface area contributed by atoms with Crippen molar-refractivity contribution in [3.63, 3.8) is 0 Å². The minimum Gasteiger partial charge on any atom is -0.387 e. The smallest absolute Gasteiger partial charge is 0.164 e. The van der Waals surface area contributed by atoms with E-state index < -0.39 is 30.6 Å². The average molecular weight is 341 g/mol. The number of ether oxygens (including phenoxy) is 1. The zero-order valence-corrected chi connectivity index (χ0v) is 13.6. The van der Waals surface area contributed by atoms with Gasteiger partial charge in [-0.3, -0.25) is 0 Å².